The van der Waals surface area contributed by atoms with E-state index in [0.717, 1.165) is 22.3 Å². The highest BCUT2D eigenvalue weighted by atomic mass is 28.3. The number of halogens is 18. The van der Waals surface area contributed by atoms with Gasteiger partial charge in [0, 0.05) is 24.0 Å². The van der Waals surface area contributed by atoms with Gasteiger partial charge in [0.2, 0.25) is 0 Å². The molecule has 0 saturated carbocycles. The van der Waals surface area contributed by atoms with Crippen LogP contribution in [0.15, 0.2) is 48.5 Å². The van der Waals surface area contributed by atoms with E-state index in [9.17, 15) is 61.5 Å². The smallest absolute Gasteiger partial charge is 0.200 e. The summed E-state index contributed by atoms with van der Waals surface area (Å²) in [5.74, 6) is -33.2. The maximum Gasteiger partial charge on any atom is 0.460 e. The molecule has 0 heterocycles. The summed E-state index contributed by atoms with van der Waals surface area (Å²) in [5.41, 5.74) is 7.45. The monoisotopic (exact) mass is 1100 g/mol. The van der Waals surface area contributed by atoms with Gasteiger partial charge in [-0.1, -0.05) is 91.5 Å². The molecule has 406 valence electrons. The Labute approximate surface area is 420 Å². The van der Waals surface area contributed by atoms with Crippen LogP contribution < -0.4 is 0 Å². The molecule has 0 amide bonds. The molecule has 0 saturated heterocycles. The van der Waals surface area contributed by atoms with Crippen LogP contribution in [0.1, 0.15) is 102 Å². The van der Waals surface area contributed by atoms with E-state index in [1.807, 2.05) is 52.0 Å². The number of rotatable bonds is 14. The average molecular weight is 1100 g/mol. The average Bonchev–Trinajstić information content (AvgIpc) is 3.25. The first-order valence-corrected chi connectivity index (χ1v) is 28.4. The predicted molar refractivity (Wildman–Crippen MR) is 262 cm³/mol. The van der Waals surface area contributed by atoms with Crippen molar-refractivity contribution in [1.82, 2.24) is 0 Å². The quantitative estimate of drug-likeness (QED) is 0.0450. The maximum atomic E-state index is 15.3. The highest BCUT2D eigenvalue weighted by Crippen LogP contribution is 2.57. The van der Waals surface area contributed by atoms with Crippen LogP contribution in [-0.2, 0) is 0 Å². The number of benzene rings is 5. The van der Waals surface area contributed by atoms with Gasteiger partial charge < -0.3 is 0 Å². The van der Waals surface area contributed by atoms with Gasteiger partial charge in [-0.2, -0.15) is 79.0 Å². The SMILES string of the molecule is Cc1cc2cc3c(C#C[Si](CCC(F)(F)C(F)(F)C(F)(F)C(F)(F)F)(C(C)C)C(C)C)c4cc5cc(C)c(C)cc5cc4c(C#C[Si](CCC(F)(F)C(F)(F)C(F)(F)C(F)(F)F)(C(C)C)C(C)C)c3cc2cc1C. The minimum Gasteiger partial charge on any atom is -0.200 e. The first-order chi connectivity index (χ1) is 33.4. The van der Waals surface area contributed by atoms with E-state index in [0.29, 0.717) is 43.1 Å². The second-order valence-corrected chi connectivity index (χ2v) is 31.3. The second kappa shape index (κ2) is 19.8. The second-order valence-electron chi connectivity index (χ2n) is 21.0. The third-order valence-corrected chi connectivity index (χ3v) is 26.9. The van der Waals surface area contributed by atoms with Crippen molar-refractivity contribution < 1.29 is 79.0 Å². The third-order valence-electron chi connectivity index (χ3n) is 15.3. The molecular formula is C54H56F18Si2. The van der Waals surface area contributed by atoms with E-state index in [1.165, 1.54) is 0 Å². The lowest BCUT2D eigenvalue weighted by Crippen LogP contribution is -2.61. The molecule has 0 aliphatic carbocycles. The van der Waals surface area contributed by atoms with Crippen LogP contribution in [0.3, 0.4) is 0 Å². The fraction of sp³-hybridized carbons (Fsp3) is 0.519. The van der Waals surface area contributed by atoms with Crippen molar-refractivity contribution in [2.75, 3.05) is 0 Å². The number of hydrogen-bond donors (Lipinski definition) is 0. The van der Waals surface area contributed by atoms with Crippen molar-refractivity contribution >= 4 is 59.2 Å². The summed E-state index contributed by atoms with van der Waals surface area (Å²) in [4.78, 5) is 0. The minimum atomic E-state index is -7.09. The molecule has 0 nitrogen and oxygen atoms in total. The number of fused-ring (bicyclic) bond motifs is 4. The van der Waals surface area contributed by atoms with E-state index in [-0.39, 0.29) is 11.1 Å². The first kappa shape index (κ1) is 60.3. The van der Waals surface area contributed by atoms with Gasteiger partial charge in [-0.25, -0.2) is 0 Å². The summed E-state index contributed by atoms with van der Waals surface area (Å²) in [6.45, 7) is 19.9. The Kier molecular flexibility index (Phi) is 16.1. The fourth-order valence-corrected chi connectivity index (χ4v) is 18.5. The molecule has 5 aromatic carbocycles. The van der Waals surface area contributed by atoms with E-state index in [1.54, 1.807) is 79.7 Å². The lowest BCUT2D eigenvalue weighted by Gasteiger charge is -2.38. The first-order valence-electron chi connectivity index (χ1n) is 23.7. The predicted octanol–water partition coefficient (Wildman–Crippen LogP) is 19.6. The molecule has 0 N–H and O–H groups in total. The highest BCUT2D eigenvalue weighted by Gasteiger charge is 2.82. The van der Waals surface area contributed by atoms with Crippen molar-refractivity contribution in [2.24, 2.45) is 0 Å². The number of alkyl halides is 18. The van der Waals surface area contributed by atoms with Gasteiger partial charge in [-0.05, 0) is 152 Å². The third kappa shape index (κ3) is 10.1. The number of hydrogen-bond acceptors (Lipinski definition) is 0. The lowest BCUT2D eigenvalue weighted by atomic mass is 9.88. The number of aryl methyl sites for hydroxylation is 4. The van der Waals surface area contributed by atoms with Crippen LogP contribution in [-0.4, -0.2) is 64.0 Å². The molecule has 0 atom stereocenters. The minimum absolute atomic E-state index is 0.239. The molecule has 0 fully saturated rings. The topological polar surface area (TPSA) is 0 Å². The zero-order valence-electron chi connectivity index (χ0n) is 42.6. The standard InChI is InChI=1S/C54H56F18Si2/c1-29(2)73(30(3)4,19-15-47(55,56)49(59,60)51(63,64)53(67,68)69)17-13-41-43-25-37-21-33(9)35(11)23-39(37)27-45(43)42(46-28-40-24-36(12)34(10)22-38(40)26-44(41)46)14-18-74(31(5)6,32(7)8)20-16-48(57,58)50(61,62)52(65,66)54(70,71)72/h21-32H,15-16,19-20H2,1-12H3. The summed E-state index contributed by atoms with van der Waals surface area (Å²) < 4.78 is 255. The van der Waals surface area contributed by atoms with Crippen LogP contribution >= 0.6 is 0 Å². The molecule has 74 heavy (non-hydrogen) atoms. The van der Waals surface area contributed by atoms with E-state index >= 15 is 17.6 Å². The molecule has 0 aromatic heterocycles. The van der Waals surface area contributed by atoms with E-state index < -0.39 is 111 Å². The Morgan fingerprint density at radius 2 is 0.568 bits per heavy atom. The molecule has 0 radical (unpaired) electrons. The van der Waals surface area contributed by atoms with Crippen LogP contribution in [0.5, 0.6) is 0 Å². The van der Waals surface area contributed by atoms with Gasteiger partial charge in [-0.3, -0.25) is 0 Å². The van der Waals surface area contributed by atoms with Gasteiger partial charge in [0.15, 0.2) is 0 Å². The molecule has 0 spiro atoms. The summed E-state index contributed by atoms with van der Waals surface area (Å²) >= 11 is 0. The highest BCUT2D eigenvalue weighted by molar-refractivity contribution is 6.90. The largest absolute Gasteiger partial charge is 0.460 e. The molecule has 0 unspecified atom stereocenters. The molecule has 5 aromatic rings. The molecule has 0 bridgehead atoms. The van der Waals surface area contributed by atoms with Crippen molar-refractivity contribution in [3.05, 3.63) is 81.9 Å². The van der Waals surface area contributed by atoms with Crippen LogP contribution in [0.2, 0.25) is 34.3 Å². The summed E-state index contributed by atoms with van der Waals surface area (Å²) in [7, 11) is -7.66. The van der Waals surface area contributed by atoms with E-state index in [2.05, 4.69) is 22.9 Å². The normalized spacial score (nSPS) is 14.3. The van der Waals surface area contributed by atoms with Crippen LogP contribution in [0, 0.1) is 50.6 Å². The van der Waals surface area contributed by atoms with E-state index in [4.69, 9.17) is 0 Å². The zero-order chi connectivity index (χ0) is 56.7. The molecule has 5 rings (SSSR count). The Morgan fingerprint density at radius 3 is 0.757 bits per heavy atom. The van der Waals surface area contributed by atoms with Crippen molar-refractivity contribution in [3.8, 4) is 22.9 Å². The zero-order valence-corrected chi connectivity index (χ0v) is 44.6. The van der Waals surface area contributed by atoms with Gasteiger partial charge in [0.1, 0.15) is 16.1 Å². The van der Waals surface area contributed by atoms with Gasteiger partial charge in [-0.15, -0.1) is 11.1 Å². The van der Waals surface area contributed by atoms with Gasteiger partial charge in [0.25, 0.3) is 0 Å². The van der Waals surface area contributed by atoms with Crippen LogP contribution in [0.25, 0.3) is 43.1 Å². The van der Waals surface area contributed by atoms with Crippen LogP contribution in [0.4, 0.5) is 79.0 Å². The maximum absolute atomic E-state index is 15.3. The Bertz CT molecular complexity index is 2750. The summed E-state index contributed by atoms with van der Waals surface area (Å²) in [6, 6.07) is 12.5. The van der Waals surface area contributed by atoms with Crippen molar-refractivity contribution in [1.29, 1.82) is 0 Å². The lowest BCUT2D eigenvalue weighted by molar-refractivity contribution is -0.396. The summed E-state index contributed by atoms with van der Waals surface area (Å²) in [5, 5.41) is 3.99. The molecule has 20 heteroatoms. The van der Waals surface area contributed by atoms with Crippen molar-refractivity contribution in [3.63, 3.8) is 0 Å². The Morgan fingerprint density at radius 1 is 0.351 bits per heavy atom. The molecule has 0 aliphatic heterocycles. The Balaban J connectivity index is 1.92. The molecular weight excluding hydrogens is 1050 g/mol. The molecule has 0 aliphatic rings. The van der Waals surface area contributed by atoms with Gasteiger partial charge >= 0.3 is 47.9 Å². The van der Waals surface area contributed by atoms with Gasteiger partial charge in [0.05, 0.1) is 0 Å². The summed E-state index contributed by atoms with van der Waals surface area (Å²) in [6.07, 6.45) is -18.2. The fourth-order valence-electron chi connectivity index (χ4n) is 9.95. The van der Waals surface area contributed by atoms with Crippen molar-refractivity contribution in [2.45, 2.75) is 178 Å². The Hall–Kier alpha value is -4.57.